The highest BCUT2D eigenvalue weighted by Crippen LogP contribution is 2.34. The number of para-hydroxylation sites is 1. The van der Waals surface area contributed by atoms with E-state index in [4.69, 9.17) is 4.74 Å². The van der Waals surface area contributed by atoms with Crippen LogP contribution in [0.25, 0.3) is 21.5 Å². The summed E-state index contributed by atoms with van der Waals surface area (Å²) in [5.41, 5.74) is 5.88. The number of nitrogens with zero attached hydrogens (tertiary/aromatic N) is 3. The van der Waals surface area contributed by atoms with Crippen LogP contribution in [-0.2, 0) is 0 Å². The number of carbonyl (C=O) groups excluding carboxylic acids is 1. The Balaban J connectivity index is 1.51. The first-order valence-corrected chi connectivity index (χ1v) is 9.76. The van der Waals surface area contributed by atoms with Gasteiger partial charge in [0, 0.05) is 11.6 Å². The SMILES string of the molecule is COc1ccccc1-c1nc(C)c(C(=O)NN=Cc2ccc3ncccc3c2)s1. The van der Waals surface area contributed by atoms with Crippen LogP contribution in [0.4, 0.5) is 0 Å². The number of hydrazone groups is 1. The number of pyridine rings is 1. The van der Waals surface area contributed by atoms with Gasteiger partial charge in [0.15, 0.2) is 0 Å². The summed E-state index contributed by atoms with van der Waals surface area (Å²) >= 11 is 1.31. The lowest BCUT2D eigenvalue weighted by molar-refractivity contribution is 0.0958. The largest absolute Gasteiger partial charge is 0.496 e. The average Bonchev–Trinajstić information content (AvgIpc) is 3.15. The predicted octanol–water partition coefficient (Wildman–Crippen LogP) is 4.44. The van der Waals surface area contributed by atoms with Crippen LogP contribution in [0.15, 0.2) is 65.9 Å². The molecule has 2 aromatic carbocycles. The fourth-order valence-corrected chi connectivity index (χ4v) is 3.92. The Morgan fingerprint density at radius 3 is 2.90 bits per heavy atom. The second-order valence-corrected chi connectivity index (χ2v) is 7.29. The molecule has 0 bridgehead atoms. The third-order valence-electron chi connectivity index (χ3n) is 4.35. The lowest BCUT2D eigenvalue weighted by Crippen LogP contribution is -2.17. The van der Waals surface area contributed by atoms with Crippen LogP contribution in [0.2, 0.25) is 0 Å². The Morgan fingerprint density at radius 1 is 1.17 bits per heavy atom. The number of aromatic nitrogens is 2. The van der Waals surface area contributed by atoms with Crippen molar-refractivity contribution >= 4 is 34.4 Å². The van der Waals surface area contributed by atoms with Gasteiger partial charge >= 0.3 is 0 Å². The summed E-state index contributed by atoms with van der Waals surface area (Å²) < 4.78 is 5.39. The van der Waals surface area contributed by atoms with E-state index in [-0.39, 0.29) is 5.91 Å². The molecule has 0 unspecified atom stereocenters. The molecule has 4 aromatic rings. The van der Waals surface area contributed by atoms with Crippen LogP contribution in [0, 0.1) is 6.92 Å². The van der Waals surface area contributed by atoms with Crippen LogP contribution in [0.1, 0.15) is 20.9 Å². The van der Waals surface area contributed by atoms with Gasteiger partial charge in [-0.05, 0) is 42.8 Å². The maximum Gasteiger partial charge on any atom is 0.283 e. The fourth-order valence-electron chi connectivity index (χ4n) is 2.93. The zero-order valence-corrected chi connectivity index (χ0v) is 16.7. The van der Waals surface area contributed by atoms with Gasteiger partial charge in [0.25, 0.3) is 5.91 Å². The van der Waals surface area contributed by atoms with Crippen molar-refractivity contribution in [2.45, 2.75) is 6.92 Å². The van der Waals surface area contributed by atoms with Crippen molar-refractivity contribution in [3.8, 4) is 16.3 Å². The highest BCUT2D eigenvalue weighted by molar-refractivity contribution is 7.17. The van der Waals surface area contributed by atoms with Crippen LogP contribution < -0.4 is 10.2 Å². The number of aryl methyl sites for hydroxylation is 1. The van der Waals surface area contributed by atoms with Crippen LogP contribution in [0.5, 0.6) is 5.75 Å². The van der Waals surface area contributed by atoms with Gasteiger partial charge in [-0.2, -0.15) is 5.10 Å². The lowest BCUT2D eigenvalue weighted by atomic mass is 10.1. The molecule has 0 aliphatic heterocycles. The number of fused-ring (bicyclic) bond motifs is 1. The molecule has 7 heteroatoms. The molecule has 6 nitrogen and oxygen atoms in total. The van der Waals surface area contributed by atoms with Gasteiger partial charge in [0.05, 0.1) is 30.1 Å². The van der Waals surface area contributed by atoms with E-state index < -0.39 is 0 Å². The number of benzene rings is 2. The van der Waals surface area contributed by atoms with Gasteiger partial charge in [-0.3, -0.25) is 9.78 Å². The number of ether oxygens (including phenoxy) is 1. The molecule has 0 saturated carbocycles. The normalized spacial score (nSPS) is 11.1. The van der Waals surface area contributed by atoms with Gasteiger partial charge in [0.2, 0.25) is 0 Å². The van der Waals surface area contributed by atoms with E-state index in [9.17, 15) is 4.79 Å². The molecule has 2 heterocycles. The average molecular weight is 402 g/mol. The number of nitrogens with one attached hydrogen (secondary N) is 1. The zero-order valence-electron chi connectivity index (χ0n) is 15.9. The van der Waals surface area contributed by atoms with E-state index in [1.807, 2.05) is 61.5 Å². The molecular weight excluding hydrogens is 384 g/mol. The third-order valence-corrected chi connectivity index (χ3v) is 5.54. The van der Waals surface area contributed by atoms with Crippen molar-refractivity contribution in [3.05, 3.63) is 76.9 Å². The molecular formula is C22H18N4O2S. The second-order valence-electron chi connectivity index (χ2n) is 6.29. The zero-order chi connectivity index (χ0) is 20.2. The molecule has 4 rings (SSSR count). The van der Waals surface area contributed by atoms with E-state index in [0.29, 0.717) is 10.6 Å². The quantitative estimate of drug-likeness (QED) is 0.395. The summed E-state index contributed by atoms with van der Waals surface area (Å²) in [6, 6.07) is 17.3. The molecule has 2 aromatic heterocycles. The Kier molecular flexibility index (Phi) is 5.31. The van der Waals surface area contributed by atoms with Crippen molar-refractivity contribution in [2.75, 3.05) is 7.11 Å². The molecule has 0 aliphatic carbocycles. The molecule has 0 radical (unpaired) electrons. The standard InChI is InChI=1S/C22H18N4O2S/c1-14-20(29-22(25-14)17-7-3-4-8-19(17)28-2)21(27)26-24-13-15-9-10-18-16(12-15)6-5-11-23-18/h3-13H,1-2H3,(H,26,27). The van der Waals surface area contributed by atoms with Gasteiger partial charge in [0.1, 0.15) is 15.6 Å². The number of methoxy groups -OCH3 is 1. The van der Waals surface area contributed by atoms with Crippen molar-refractivity contribution in [3.63, 3.8) is 0 Å². The summed E-state index contributed by atoms with van der Waals surface area (Å²) in [5, 5.41) is 5.84. The predicted molar refractivity (Wildman–Crippen MR) is 116 cm³/mol. The molecule has 1 amide bonds. The van der Waals surface area contributed by atoms with Crippen LogP contribution in [0.3, 0.4) is 0 Å². The highest BCUT2D eigenvalue weighted by Gasteiger charge is 2.17. The summed E-state index contributed by atoms with van der Waals surface area (Å²) in [6.45, 7) is 1.81. The molecule has 144 valence electrons. The van der Waals surface area contributed by atoms with Crippen LogP contribution in [-0.4, -0.2) is 29.2 Å². The minimum Gasteiger partial charge on any atom is -0.496 e. The van der Waals surface area contributed by atoms with Gasteiger partial charge in [-0.25, -0.2) is 10.4 Å². The van der Waals surface area contributed by atoms with Gasteiger partial charge in [-0.15, -0.1) is 11.3 Å². The molecule has 0 saturated heterocycles. The van der Waals surface area contributed by atoms with Crippen molar-refractivity contribution in [1.29, 1.82) is 0 Å². The maximum absolute atomic E-state index is 12.6. The molecule has 29 heavy (non-hydrogen) atoms. The Hall–Kier alpha value is -3.58. The Morgan fingerprint density at radius 2 is 2.03 bits per heavy atom. The topological polar surface area (TPSA) is 76.5 Å². The molecule has 0 aliphatic rings. The van der Waals surface area contributed by atoms with Crippen molar-refractivity contribution < 1.29 is 9.53 Å². The fraction of sp³-hybridized carbons (Fsp3) is 0.0909. The second kappa shape index (κ2) is 8.20. The molecule has 0 spiro atoms. The smallest absolute Gasteiger partial charge is 0.283 e. The van der Waals surface area contributed by atoms with E-state index in [2.05, 4.69) is 20.5 Å². The minimum absolute atomic E-state index is 0.292. The number of amides is 1. The number of thiazole rings is 1. The first-order chi connectivity index (χ1) is 14.2. The van der Waals surface area contributed by atoms with E-state index in [1.165, 1.54) is 11.3 Å². The molecule has 1 N–H and O–H groups in total. The number of hydrogen-bond donors (Lipinski definition) is 1. The summed E-state index contributed by atoms with van der Waals surface area (Å²) in [7, 11) is 1.62. The van der Waals surface area contributed by atoms with E-state index in [1.54, 1.807) is 19.5 Å². The van der Waals surface area contributed by atoms with E-state index >= 15 is 0 Å². The monoisotopic (exact) mass is 402 g/mol. The van der Waals surface area contributed by atoms with Crippen LogP contribution >= 0.6 is 11.3 Å². The van der Waals surface area contributed by atoms with Crippen molar-refractivity contribution in [1.82, 2.24) is 15.4 Å². The first-order valence-electron chi connectivity index (χ1n) is 8.94. The minimum atomic E-state index is -0.292. The summed E-state index contributed by atoms with van der Waals surface area (Å²) in [5.74, 6) is 0.428. The molecule has 0 fully saturated rings. The number of carbonyl (C=O) groups is 1. The Bertz CT molecular complexity index is 1220. The lowest BCUT2D eigenvalue weighted by Gasteiger charge is -2.04. The van der Waals surface area contributed by atoms with Gasteiger partial charge < -0.3 is 4.74 Å². The maximum atomic E-state index is 12.6. The first kappa shape index (κ1) is 18.8. The number of hydrogen-bond acceptors (Lipinski definition) is 6. The van der Waals surface area contributed by atoms with Gasteiger partial charge in [-0.1, -0.05) is 24.3 Å². The van der Waals surface area contributed by atoms with Crippen molar-refractivity contribution in [2.24, 2.45) is 5.10 Å². The number of rotatable bonds is 5. The highest BCUT2D eigenvalue weighted by atomic mass is 32.1. The third kappa shape index (κ3) is 4.00. The summed E-state index contributed by atoms with van der Waals surface area (Å²) in [6.07, 6.45) is 3.37. The molecule has 0 atom stereocenters. The van der Waals surface area contributed by atoms with E-state index in [0.717, 1.165) is 32.8 Å². The Labute approximate surface area is 171 Å². The summed E-state index contributed by atoms with van der Waals surface area (Å²) in [4.78, 5) is 21.9.